The Balaban J connectivity index is 2.34. The third-order valence-corrected chi connectivity index (χ3v) is 2.86. The highest BCUT2D eigenvalue weighted by atomic mass is 32.2. The molecule has 1 heterocycles. The minimum Gasteiger partial charge on any atom is -0.367 e. The van der Waals surface area contributed by atoms with Gasteiger partial charge in [0, 0.05) is 12.1 Å². The van der Waals surface area contributed by atoms with Crippen molar-refractivity contribution in [1.82, 2.24) is 9.97 Å². The molecular formula is C10H16FN3S. The molecule has 0 fully saturated rings. The van der Waals surface area contributed by atoms with Crippen LogP contribution in [0.2, 0.25) is 0 Å². The lowest BCUT2D eigenvalue weighted by atomic mass is 10.2. The first-order chi connectivity index (χ1) is 7.22. The molecule has 1 atom stereocenters. The molecule has 0 spiro atoms. The van der Waals surface area contributed by atoms with Crippen LogP contribution < -0.4 is 5.32 Å². The van der Waals surface area contributed by atoms with Crippen LogP contribution in [0.1, 0.15) is 20.3 Å². The maximum atomic E-state index is 12.7. The standard InChI is InChI=1S/C10H16FN3S/c1-3-15-5-4-8(2)14-10-6-9(11)12-7-13-10/h6-8H,3-5H2,1-2H3,(H,12,13,14). The molecule has 1 unspecified atom stereocenters. The van der Waals surface area contributed by atoms with Gasteiger partial charge in [-0.05, 0) is 24.9 Å². The van der Waals surface area contributed by atoms with Crippen molar-refractivity contribution in [3.63, 3.8) is 0 Å². The summed E-state index contributed by atoms with van der Waals surface area (Å²) in [7, 11) is 0. The van der Waals surface area contributed by atoms with Gasteiger partial charge < -0.3 is 5.32 Å². The zero-order chi connectivity index (χ0) is 11.1. The van der Waals surface area contributed by atoms with Gasteiger partial charge in [-0.1, -0.05) is 6.92 Å². The third kappa shape index (κ3) is 4.97. The minimum atomic E-state index is -0.498. The third-order valence-electron chi connectivity index (χ3n) is 1.93. The summed E-state index contributed by atoms with van der Waals surface area (Å²) in [6.07, 6.45) is 2.27. The maximum Gasteiger partial charge on any atom is 0.217 e. The van der Waals surface area contributed by atoms with Crippen LogP contribution in [0.15, 0.2) is 12.4 Å². The maximum absolute atomic E-state index is 12.7. The van der Waals surface area contributed by atoms with E-state index in [1.165, 1.54) is 12.4 Å². The van der Waals surface area contributed by atoms with Crippen LogP contribution in [0.5, 0.6) is 0 Å². The number of hydrogen-bond acceptors (Lipinski definition) is 4. The molecule has 3 nitrogen and oxygen atoms in total. The van der Waals surface area contributed by atoms with Crippen LogP contribution in [0, 0.1) is 5.95 Å². The fourth-order valence-corrected chi connectivity index (χ4v) is 1.95. The Hall–Kier alpha value is -0.840. The summed E-state index contributed by atoms with van der Waals surface area (Å²) in [5.74, 6) is 2.30. The van der Waals surface area contributed by atoms with E-state index in [-0.39, 0.29) is 0 Å². The first-order valence-corrected chi connectivity index (χ1v) is 6.19. The van der Waals surface area contributed by atoms with E-state index >= 15 is 0 Å². The van der Waals surface area contributed by atoms with Gasteiger partial charge in [0.1, 0.15) is 12.1 Å². The molecule has 1 aromatic heterocycles. The Kier molecular flexibility index (Phi) is 5.39. The predicted octanol–water partition coefficient (Wildman–Crippen LogP) is 2.56. The van der Waals surface area contributed by atoms with E-state index in [2.05, 4.69) is 29.1 Å². The van der Waals surface area contributed by atoms with Crippen molar-refractivity contribution in [2.45, 2.75) is 26.3 Å². The van der Waals surface area contributed by atoms with Crippen LogP contribution >= 0.6 is 11.8 Å². The summed E-state index contributed by atoms with van der Waals surface area (Å²) in [4.78, 5) is 7.34. The van der Waals surface area contributed by atoms with Crippen molar-refractivity contribution >= 4 is 17.6 Å². The summed E-state index contributed by atoms with van der Waals surface area (Å²) in [6, 6.07) is 1.61. The zero-order valence-electron chi connectivity index (χ0n) is 9.03. The van der Waals surface area contributed by atoms with E-state index in [1.54, 1.807) is 0 Å². The van der Waals surface area contributed by atoms with Crippen molar-refractivity contribution in [2.24, 2.45) is 0 Å². The largest absolute Gasteiger partial charge is 0.367 e. The second kappa shape index (κ2) is 6.61. The van der Waals surface area contributed by atoms with Crippen LogP contribution in [0.4, 0.5) is 10.2 Å². The number of anilines is 1. The Morgan fingerprint density at radius 3 is 3.00 bits per heavy atom. The number of aromatic nitrogens is 2. The zero-order valence-corrected chi connectivity index (χ0v) is 9.85. The first kappa shape index (κ1) is 12.2. The molecule has 0 amide bonds. The molecule has 0 saturated carbocycles. The Morgan fingerprint density at radius 1 is 1.53 bits per heavy atom. The lowest BCUT2D eigenvalue weighted by molar-refractivity contribution is 0.579. The number of halogens is 1. The van der Waals surface area contributed by atoms with E-state index in [4.69, 9.17) is 0 Å². The normalized spacial score (nSPS) is 12.5. The van der Waals surface area contributed by atoms with Gasteiger partial charge in [0.25, 0.3) is 0 Å². The highest BCUT2D eigenvalue weighted by Gasteiger charge is 2.03. The van der Waals surface area contributed by atoms with Crippen LogP contribution in [-0.4, -0.2) is 27.5 Å². The second-order valence-corrected chi connectivity index (χ2v) is 4.65. The fourth-order valence-electron chi connectivity index (χ4n) is 1.14. The van der Waals surface area contributed by atoms with Crippen LogP contribution in [-0.2, 0) is 0 Å². The lowest BCUT2D eigenvalue weighted by Crippen LogP contribution is -2.17. The highest BCUT2D eigenvalue weighted by molar-refractivity contribution is 7.99. The minimum absolute atomic E-state index is 0.304. The first-order valence-electron chi connectivity index (χ1n) is 5.04. The van der Waals surface area contributed by atoms with Crippen molar-refractivity contribution < 1.29 is 4.39 Å². The number of nitrogens with zero attached hydrogens (tertiary/aromatic N) is 2. The average molecular weight is 229 g/mol. The Labute approximate surface area is 93.9 Å². The average Bonchev–Trinajstić information content (AvgIpc) is 2.18. The topological polar surface area (TPSA) is 37.8 Å². The van der Waals surface area contributed by atoms with E-state index in [0.29, 0.717) is 11.9 Å². The smallest absolute Gasteiger partial charge is 0.217 e. The van der Waals surface area contributed by atoms with Crippen molar-refractivity contribution in [3.8, 4) is 0 Å². The lowest BCUT2D eigenvalue weighted by Gasteiger charge is -2.13. The molecule has 0 saturated heterocycles. The predicted molar refractivity (Wildman–Crippen MR) is 62.7 cm³/mol. The van der Waals surface area contributed by atoms with Gasteiger partial charge in [0.2, 0.25) is 5.95 Å². The molecule has 1 rings (SSSR count). The molecule has 0 aliphatic heterocycles. The van der Waals surface area contributed by atoms with Gasteiger partial charge in [-0.2, -0.15) is 16.2 Å². The van der Waals surface area contributed by atoms with Gasteiger partial charge in [-0.25, -0.2) is 9.97 Å². The highest BCUT2D eigenvalue weighted by Crippen LogP contribution is 2.09. The van der Waals surface area contributed by atoms with E-state index < -0.39 is 5.95 Å². The molecule has 15 heavy (non-hydrogen) atoms. The molecule has 0 aliphatic carbocycles. The van der Waals surface area contributed by atoms with Crippen LogP contribution in [0.25, 0.3) is 0 Å². The molecule has 0 radical (unpaired) electrons. The Morgan fingerprint density at radius 2 is 2.33 bits per heavy atom. The van der Waals surface area contributed by atoms with E-state index in [9.17, 15) is 4.39 Å². The van der Waals surface area contributed by atoms with E-state index in [0.717, 1.165) is 17.9 Å². The molecule has 5 heteroatoms. The molecule has 1 N–H and O–H groups in total. The van der Waals surface area contributed by atoms with Gasteiger partial charge in [-0.15, -0.1) is 0 Å². The summed E-state index contributed by atoms with van der Waals surface area (Å²) < 4.78 is 12.7. The summed E-state index contributed by atoms with van der Waals surface area (Å²) in [6.45, 7) is 4.21. The number of hydrogen-bond donors (Lipinski definition) is 1. The molecule has 0 aliphatic rings. The molecule has 0 bridgehead atoms. The summed E-state index contributed by atoms with van der Waals surface area (Å²) in [5, 5.41) is 3.14. The monoisotopic (exact) mass is 229 g/mol. The van der Waals surface area contributed by atoms with Gasteiger partial charge >= 0.3 is 0 Å². The van der Waals surface area contributed by atoms with Crippen molar-refractivity contribution in [2.75, 3.05) is 16.8 Å². The molecule has 1 aromatic rings. The molecule has 84 valence electrons. The Bertz CT molecular complexity index is 296. The summed E-state index contributed by atoms with van der Waals surface area (Å²) in [5.41, 5.74) is 0. The number of thioether (sulfide) groups is 1. The molecular weight excluding hydrogens is 213 g/mol. The SMILES string of the molecule is CCSCCC(C)Nc1cc(F)ncn1. The van der Waals surface area contributed by atoms with E-state index in [1.807, 2.05) is 11.8 Å². The second-order valence-electron chi connectivity index (χ2n) is 3.26. The molecule has 0 aromatic carbocycles. The van der Waals surface area contributed by atoms with Crippen LogP contribution in [0.3, 0.4) is 0 Å². The quantitative estimate of drug-likeness (QED) is 0.601. The number of nitrogens with one attached hydrogen (secondary N) is 1. The van der Waals surface area contributed by atoms with Gasteiger partial charge in [-0.3, -0.25) is 0 Å². The summed E-state index contributed by atoms with van der Waals surface area (Å²) >= 11 is 1.90. The van der Waals surface area contributed by atoms with Crippen molar-refractivity contribution in [1.29, 1.82) is 0 Å². The van der Waals surface area contributed by atoms with Gasteiger partial charge in [0.15, 0.2) is 0 Å². The fraction of sp³-hybridized carbons (Fsp3) is 0.600. The van der Waals surface area contributed by atoms with Gasteiger partial charge in [0.05, 0.1) is 0 Å². The van der Waals surface area contributed by atoms with Crippen molar-refractivity contribution in [3.05, 3.63) is 18.3 Å². The number of rotatable bonds is 6.